The van der Waals surface area contributed by atoms with Crippen molar-refractivity contribution in [2.45, 2.75) is 13.5 Å². The van der Waals surface area contributed by atoms with Crippen LogP contribution in [0, 0.1) is 6.92 Å². The number of aryl methyl sites for hydroxylation is 1. The maximum Gasteiger partial charge on any atom is 0.0684 e. The van der Waals surface area contributed by atoms with Gasteiger partial charge in [0.05, 0.1) is 5.69 Å². The Balaban J connectivity index is 0. The Morgan fingerprint density at radius 2 is 2.00 bits per heavy atom. The van der Waals surface area contributed by atoms with Crippen LogP contribution in [0.1, 0.15) is 11.4 Å². The lowest BCUT2D eigenvalue weighted by Gasteiger charge is -1.99. The standard InChI is InChI=1S/C7H9BrN2.2ClH/c1-5-2-3-6(8)7(4-9)10-5;;/h2-3H,4,9H2,1H3;2*1H. The normalized spacial score (nSPS) is 8.25. The summed E-state index contributed by atoms with van der Waals surface area (Å²) in [6, 6.07) is 3.91. The Hall–Kier alpha value is 0.170. The zero-order valence-corrected chi connectivity index (χ0v) is 9.80. The Morgan fingerprint density at radius 3 is 2.42 bits per heavy atom. The van der Waals surface area contributed by atoms with Crippen LogP contribution in [0.3, 0.4) is 0 Å². The van der Waals surface area contributed by atoms with Gasteiger partial charge in [0.2, 0.25) is 0 Å². The molecular weight excluding hydrogens is 263 g/mol. The zero-order chi connectivity index (χ0) is 7.56. The molecule has 1 heterocycles. The molecule has 0 unspecified atom stereocenters. The predicted molar refractivity (Wildman–Crippen MR) is 59.1 cm³/mol. The van der Waals surface area contributed by atoms with Crippen LogP contribution in [0.5, 0.6) is 0 Å². The van der Waals surface area contributed by atoms with E-state index in [0.717, 1.165) is 15.9 Å². The van der Waals surface area contributed by atoms with Crippen LogP contribution in [-0.4, -0.2) is 4.98 Å². The van der Waals surface area contributed by atoms with Crippen molar-refractivity contribution in [2.75, 3.05) is 0 Å². The molecule has 0 amide bonds. The van der Waals surface area contributed by atoms with Crippen LogP contribution in [0.4, 0.5) is 0 Å². The fraction of sp³-hybridized carbons (Fsp3) is 0.286. The van der Waals surface area contributed by atoms with Crippen molar-refractivity contribution < 1.29 is 0 Å². The Morgan fingerprint density at radius 1 is 1.42 bits per heavy atom. The minimum atomic E-state index is 0. The van der Waals surface area contributed by atoms with Gasteiger partial charge in [-0.2, -0.15) is 0 Å². The van der Waals surface area contributed by atoms with Gasteiger partial charge in [-0.25, -0.2) is 0 Å². The molecule has 0 aromatic carbocycles. The molecule has 0 saturated carbocycles. The predicted octanol–water partition coefficient (Wildman–Crippen LogP) is 2.45. The molecule has 0 bridgehead atoms. The molecule has 0 radical (unpaired) electrons. The van der Waals surface area contributed by atoms with Gasteiger partial charge in [0.25, 0.3) is 0 Å². The van der Waals surface area contributed by atoms with Gasteiger partial charge < -0.3 is 5.73 Å². The molecule has 1 aromatic heterocycles. The minimum Gasteiger partial charge on any atom is -0.325 e. The molecule has 2 N–H and O–H groups in total. The summed E-state index contributed by atoms with van der Waals surface area (Å²) in [6.07, 6.45) is 0. The molecule has 1 rings (SSSR count). The molecule has 1 aromatic rings. The number of pyridine rings is 1. The topological polar surface area (TPSA) is 38.9 Å². The summed E-state index contributed by atoms with van der Waals surface area (Å²) in [5, 5.41) is 0. The Bertz CT molecular complexity index is 243. The largest absolute Gasteiger partial charge is 0.325 e. The van der Waals surface area contributed by atoms with Crippen LogP contribution in [0.2, 0.25) is 0 Å². The van der Waals surface area contributed by atoms with E-state index in [0.29, 0.717) is 6.54 Å². The highest BCUT2D eigenvalue weighted by Gasteiger charge is 1.97. The van der Waals surface area contributed by atoms with E-state index in [1.165, 1.54) is 0 Å². The van der Waals surface area contributed by atoms with Gasteiger partial charge in [0, 0.05) is 16.7 Å². The van der Waals surface area contributed by atoms with E-state index in [9.17, 15) is 0 Å². The number of hydrogen-bond acceptors (Lipinski definition) is 2. The summed E-state index contributed by atoms with van der Waals surface area (Å²) in [5.74, 6) is 0. The van der Waals surface area contributed by atoms with Crippen molar-refractivity contribution in [3.63, 3.8) is 0 Å². The van der Waals surface area contributed by atoms with Gasteiger partial charge >= 0.3 is 0 Å². The average molecular weight is 274 g/mol. The highest BCUT2D eigenvalue weighted by molar-refractivity contribution is 9.10. The van der Waals surface area contributed by atoms with E-state index in [-0.39, 0.29) is 24.8 Å². The van der Waals surface area contributed by atoms with E-state index >= 15 is 0 Å². The molecule has 0 aliphatic carbocycles. The first-order valence-electron chi connectivity index (χ1n) is 3.06. The van der Waals surface area contributed by atoms with Crippen LogP contribution in [-0.2, 0) is 6.54 Å². The van der Waals surface area contributed by atoms with Crippen LogP contribution in [0.25, 0.3) is 0 Å². The fourth-order valence-corrected chi connectivity index (χ4v) is 1.12. The molecule has 0 fully saturated rings. The van der Waals surface area contributed by atoms with Crippen molar-refractivity contribution in [3.8, 4) is 0 Å². The minimum absolute atomic E-state index is 0. The van der Waals surface area contributed by atoms with Crippen molar-refractivity contribution in [2.24, 2.45) is 5.73 Å². The van der Waals surface area contributed by atoms with E-state index < -0.39 is 0 Å². The second-order valence-electron chi connectivity index (χ2n) is 2.09. The number of nitrogens with two attached hydrogens (primary N) is 1. The third-order valence-electron chi connectivity index (χ3n) is 1.25. The average Bonchev–Trinajstić information content (AvgIpc) is 1.94. The molecule has 70 valence electrons. The second-order valence-corrected chi connectivity index (χ2v) is 2.94. The molecule has 0 aliphatic heterocycles. The lowest BCUT2D eigenvalue weighted by atomic mass is 10.3. The maximum atomic E-state index is 5.43. The molecule has 2 nitrogen and oxygen atoms in total. The summed E-state index contributed by atoms with van der Waals surface area (Å²) >= 11 is 3.35. The highest BCUT2D eigenvalue weighted by Crippen LogP contribution is 2.13. The third-order valence-corrected chi connectivity index (χ3v) is 1.97. The lowest BCUT2D eigenvalue weighted by molar-refractivity contribution is 0.959. The summed E-state index contributed by atoms with van der Waals surface area (Å²) in [7, 11) is 0. The first-order chi connectivity index (χ1) is 4.74. The first-order valence-corrected chi connectivity index (χ1v) is 3.85. The SMILES string of the molecule is Cc1ccc(Br)c(CN)n1.Cl.Cl. The summed E-state index contributed by atoms with van der Waals surface area (Å²) < 4.78 is 0.987. The smallest absolute Gasteiger partial charge is 0.0684 e. The van der Waals surface area contributed by atoms with Crippen LogP contribution < -0.4 is 5.73 Å². The molecule has 5 heteroatoms. The third kappa shape index (κ3) is 3.72. The van der Waals surface area contributed by atoms with Crippen molar-refractivity contribution >= 4 is 40.7 Å². The number of hydrogen-bond donors (Lipinski definition) is 1. The number of nitrogens with zero attached hydrogens (tertiary/aromatic N) is 1. The summed E-state index contributed by atoms with van der Waals surface area (Å²) in [5.41, 5.74) is 7.35. The van der Waals surface area contributed by atoms with E-state index in [1.807, 2.05) is 19.1 Å². The van der Waals surface area contributed by atoms with E-state index in [2.05, 4.69) is 20.9 Å². The van der Waals surface area contributed by atoms with Crippen molar-refractivity contribution in [1.82, 2.24) is 4.98 Å². The van der Waals surface area contributed by atoms with Gasteiger partial charge in [-0.15, -0.1) is 24.8 Å². The maximum absolute atomic E-state index is 5.43. The van der Waals surface area contributed by atoms with E-state index in [1.54, 1.807) is 0 Å². The van der Waals surface area contributed by atoms with Gasteiger partial charge in [-0.3, -0.25) is 4.98 Å². The van der Waals surface area contributed by atoms with Gasteiger partial charge in [0.15, 0.2) is 0 Å². The number of rotatable bonds is 1. The number of aromatic nitrogens is 1. The summed E-state index contributed by atoms with van der Waals surface area (Å²) in [6.45, 7) is 2.44. The quantitative estimate of drug-likeness (QED) is 0.854. The summed E-state index contributed by atoms with van der Waals surface area (Å²) in [4.78, 5) is 4.22. The van der Waals surface area contributed by atoms with Crippen molar-refractivity contribution in [1.29, 1.82) is 0 Å². The molecule has 0 atom stereocenters. The van der Waals surface area contributed by atoms with Crippen molar-refractivity contribution in [3.05, 3.63) is 28.0 Å². The monoisotopic (exact) mass is 272 g/mol. The molecule has 0 spiro atoms. The van der Waals surface area contributed by atoms with Gasteiger partial charge in [-0.1, -0.05) is 0 Å². The van der Waals surface area contributed by atoms with Crippen LogP contribution in [0.15, 0.2) is 16.6 Å². The Kier molecular flexibility index (Phi) is 8.15. The lowest BCUT2D eigenvalue weighted by Crippen LogP contribution is -2.01. The number of halogens is 3. The fourth-order valence-electron chi connectivity index (χ4n) is 0.737. The molecule has 0 aliphatic rings. The molecule has 12 heavy (non-hydrogen) atoms. The first kappa shape index (κ1) is 14.7. The van der Waals surface area contributed by atoms with Crippen LogP contribution >= 0.6 is 40.7 Å². The zero-order valence-electron chi connectivity index (χ0n) is 6.58. The highest BCUT2D eigenvalue weighted by atomic mass is 79.9. The van der Waals surface area contributed by atoms with Gasteiger partial charge in [0.1, 0.15) is 0 Å². The molecule has 0 saturated heterocycles. The van der Waals surface area contributed by atoms with Gasteiger partial charge in [-0.05, 0) is 35.0 Å². The second kappa shape index (κ2) is 6.66. The molecular formula is C7H11BrCl2N2. The Labute approximate surface area is 92.9 Å². The van der Waals surface area contributed by atoms with E-state index in [4.69, 9.17) is 5.73 Å².